The van der Waals surface area contributed by atoms with Gasteiger partial charge in [-0.05, 0) is 18.2 Å². The molecule has 0 fully saturated rings. The Hall–Kier alpha value is -1.39. The number of rotatable bonds is 4. The van der Waals surface area contributed by atoms with Crippen LogP contribution in [0.2, 0.25) is 5.02 Å². The highest BCUT2D eigenvalue weighted by Crippen LogP contribution is 2.29. The fourth-order valence-electron chi connectivity index (χ4n) is 1.89. The van der Waals surface area contributed by atoms with Gasteiger partial charge in [0.05, 0.1) is 10.7 Å². The van der Waals surface area contributed by atoms with Crippen molar-refractivity contribution in [3.63, 3.8) is 0 Å². The average molecular weight is 282 g/mol. The van der Waals surface area contributed by atoms with E-state index in [0.717, 1.165) is 16.8 Å². The summed E-state index contributed by atoms with van der Waals surface area (Å²) in [7, 11) is 1.86. The molecule has 0 saturated carbocycles. The van der Waals surface area contributed by atoms with E-state index in [9.17, 15) is 4.39 Å². The molecule has 0 atom stereocenters. The summed E-state index contributed by atoms with van der Waals surface area (Å²) in [6.45, 7) is 4.87. The number of nitrogens with one attached hydrogen (secondary N) is 1. The number of hydrogen-bond acceptors (Lipinski definition) is 2. The van der Waals surface area contributed by atoms with E-state index in [2.05, 4.69) is 24.3 Å². The summed E-state index contributed by atoms with van der Waals surface area (Å²) in [5.41, 5.74) is 2.59. The molecule has 2 rings (SSSR count). The fraction of sp³-hybridized carbons (Fsp3) is 0.357. The van der Waals surface area contributed by atoms with E-state index in [0.29, 0.717) is 17.6 Å². The summed E-state index contributed by atoms with van der Waals surface area (Å²) in [5.74, 6) is -0.341. The molecule has 3 nitrogen and oxygen atoms in total. The van der Waals surface area contributed by atoms with Crippen LogP contribution in [-0.2, 0) is 13.6 Å². The highest BCUT2D eigenvalue weighted by atomic mass is 35.5. The number of hydrogen-bond donors (Lipinski definition) is 1. The van der Waals surface area contributed by atoms with E-state index in [1.807, 2.05) is 13.2 Å². The molecule has 0 bridgehead atoms. The minimum absolute atomic E-state index is 0.341. The van der Waals surface area contributed by atoms with E-state index in [1.165, 1.54) is 12.1 Å². The van der Waals surface area contributed by atoms with Crippen molar-refractivity contribution < 1.29 is 4.39 Å². The maximum atomic E-state index is 13.1. The standard InChI is InChI=1S/C14H17ClFN3/c1-9(2)17-7-10-8-19(3)18-14(10)12-5-4-11(16)6-13(12)15/h4-6,8-9,17H,7H2,1-3H3. The zero-order valence-electron chi connectivity index (χ0n) is 11.2. The second-order valence-electron chi connectivity index (χ2n) is 4.84. The van der Waals surface area contributed by atoms with Crippen molar-refractivity contribution in [3.05, 3.63) is 40.8 Å². The van der Waals surface area contributed by atoms with Gasteiger partial charge in [0, 0.05) is 37.0 Å². The normalized spacial score (nSPS) is 11.3. The van der Waals surface area contributed by atoms with E-state index in [1.54, 1.807) is 10.7 Å². The highest BCUT2D eigenvalue weighted by molar-refractivity contribution is 6.33. The first-order valence-corrected chi connectivity index (χ1v) is 6.56. The van der Waals surface area contributed by atoms with E-state index >= 15 is 0 Å². The second kappa shape index (κ2) is 5.72. The molecule has 1 aromatic heterocycles. The summed E-state index contributed by atoms with van der Waals surface area (Å²) in [6, 6.07) is 4.76. The van der Waals surface area contributed by atoms with Gasteiger partial charge in [-0.2, -0.15) is 5.10 Å². The van der Waals surface area contributed by atoms with Crippen molar-refractivity contribution in [2.75, 3.05) is 0 Å². The number of benzene rings is 1. The second-order valence-corrected chi connectivity index (χ2v) is 5.24. The Morgan fingerprint density at radius 2 is 2.16 bits per heavy atom. The topological polar surface area (TPSA) is 29.9 Å². The van der Waals surface area contributed by atoms with Gasteiger partial charge in [0.15, 0.2) is 0 Å². The third-order valence-electron chi connectivity index (χ3n) is 2.79. The van der Waals surface area contributed by atoms with Crippen molar-refractivity contribution in [1.82, 2.24) is 15.1 Å². The summed E-state index contributed by atoms with van der Waals surface area (Å²) in [5, 5.41) is 8.14. The molecule has 0 amide bonds. The van der Waals surface area contributed by atoms with Crippen LogP contribution in [0.3, 0.4) is 0 Å². The quantitative estimate of drug-likeness (QED) is 0.931. The molecule has 0 aliphatic carbocycles. The monoisotopic (exact) mass is 281 g/mol. The Morgan fingerprint density at radius 1 is 1.42 bits per heavy atom. The van der Waals surface area contributed by atoms with Crippen LogP contribution in [0.4, 0.5) is 4.39 Å². The first-order chi connectivity index (χ1) is 8.97. The van der Waals surface area contributed by atoms with Crippen molar-refractivity contribution in [2.45, 2.75) is 26.4 Å². The van der Waals surface area contributed by atoms with Crippen LogP contribution in [0.1, 0.15) is 19.4 Å². The number of nitrogens with zero attached hydrogens (tertiary/aromatic N) is 2. The number of halogens is 2. The van der Waals surface area contributed by atoms with Gasteiger partial charge in [0.1, 0.15) is 5.82 Å². The predicted molar refractivity (Wildman–Crippen MR) is 75.6 cm³/mol. The van der Waals surface area contributed by atoms with Gasteiger partial charge in [-0.25, -0.2) is 4.39 Å². The Bertz CT molecular complexity index is 578. The van der Waals surface area contributed by atoms with Crippen molar-refractivity contribution in [3.8, 4) is 11.3 Å². The van der Waals surface area contributed by atoms with Gasteiger partial charge in [0.2, 0.25) is 0 Å². The molecule has 0 spiro atoms. The van der Waals surface area contributed by atoms with Crippen LogP contribution >= 0.6 is 11.6 Å². The Labute approximate surface area is 117 Å². The molecule has 0 saturated heterocycles. The largest absolute Gasteiger partial charge is 0.310 e. The van der Waals surface area contributed by atoms with Crippen LogP contribution in [0.25, 0.3) is 11.3 Å². The Balaban J connectivity index is 2.38. The van der Waals surface area contributed by atoms with Crippen molar-refractivity contribution in [1.29, 1.82) is 0 Å². The molecule has 0 unspecified atom stereocenters. The zero-order valence-corrected chi connectivity index (χ0v) is 12.0. The lowest BCUT2D eigenvalue weighted by atomic mass is 10.1. The van der Waals surface area contributed by atoms with Gasteiger partial charge in [-0.3, -0.25) is 4.68 Å². The van der Waals surface area contributed by atoms with E-state index < -0.39 is 0 Å². The average Bonchev–Trinajstić information content (AvgIpc) is 2.67. The molecular weight excluding hydrogens is 265 g/mol. The summed E-state index contributed by atoms with van der Waals surface area (Å²) < 4.78 is 14.8. The fourth-order valence-corrected chi connectivity index (χ4v) is 2.15. The SMILES string of the molecule is CC(C)NCc1cn(C)nc1-c1ccc(F)cc1Cl. The molecule has 102 valence electrons. The van der Waals surface area contributed by atoms with E-state index in [4.69, 9.17) is 11.6 Å². The molecule has 5 heteroatoms. The Morgan fingerprint density at radius 3 is 2.79 bits per heavy atom. The minimum Gasteiger partial charge on any atom is -0.310 e. The molecule has 0 radical (unpaired) electrons. The molecule has 1 N–H and O–H groups in total. The molecule has 19 heavy (non-hydrogen) atoms. The molecule has 1 aromatic carbocycles. The maximum absolute atomic E-state index is 13.1. The van der Waals surface area contributed by atoms with Gasteiger partial charge in [0.25, 0.3) is 0 Å². The van der Waals surface area contributed by atoms with Crippen molar-refractivity contribution in [2.24, 2.45) is 7.05 Å². The first kappa shape index (κ1) is 14.0. The molecule has 0 aliphatic heterocycles. The lowest BCUT2D eigenvalue weighted by Gasteiger charge is -2.08. The highest BCUT2D eigenvalue weighted by Gasteiger charge is 2.13. The Kier molecular flexibility index (Phi) is 4.22. The molecule has 1 heterocycles. The summed E-state index contributed by atoms with van der Waals surface area (Å²) >= 11 is 6.10. The van der Waals surface area contributed by atoms with Crippen LogP contribution < -0.4 is 5.32 Å². The van der Waals surface area contributed by atoms with Gasteiger partial charge < -0.3 is 5.32 Å². The van der Waals surface area contributed by atoms with Gasteiger partial charge in [-0.1, -0.05) is 25.4 Å². The predicted octanol–water partition coefficient (Wildman–Crippen LogP) is 3.38. The first-order valence-electron chi connectivity index (χ1n) is 6.18. The van der Waals surface area contributed by atoms with Crippen LogP contribution in [0.15, 0.2) is 24.4 Å². The molecule has 2 aromatic rings. The summed E-state index contributed by atoms with van der Waals surface area (Å²) in [4.78, 5) is 0. The van der Waals surface area contributed by atoms with Crippen molar-refractivity contribution >= 4 is 11.6 Å². The number of aromatic nitrogens is 2. The number of aryl methyl sites for hydroxylation is 1. The smallest absolute Gasteiger partial charge is 0.124 e. The summed E-state index contributed by atoms with van der Waals surface area (Å²) in [6.07, 6.45) is 1.95. The third-order valence-corrected chi connectivity index (χ3v) is 3.10. The van der Waals surface area contributed by atoms with Gasteiger partial charge in [-0.15, -0.1) is 0 Å². The minimum atomic E-state index is -0.341. The van der Waals surface area contributed by atoms with Gasteiger partial charge >= 0.3 is 0 Å². The maximum Gasteiger partial charge on any atom is 0.124 e. The molecule has 0 aliphatic rings. The van der Waals surface area contributed by atoms with E-state index in [-0.39, 0.29) is 5.82 Å². The van der Waals surface area contributed by atoms with Crippen LogP contribution in [0, 0.1) is 5.82 Å². The van der Waals surface area contributed by atoms with Crippen LogP contribution in [0.5, 0.6) is 0 Å². The van der Waals surface area contributed by atoms with Crippen LogP contribution in [-0.4, -0.2) is 15.8 Å². The zero-order chi connectivity index (χ0) is 14.0. The lowest BCUT2D eigenvalue weighted by molar-refractivity contribution is 0.589. The lowest BCUT2D eigenvalue weighted by Crippen LogP contribution is -2.21. The molecular formula is C14H17ClFN3. The third kappa shape index (κ3) is 3.33.